The van der Waals surface area contributed by atoms with E-state index in [2.05, 4.69) is 94.9 Å². The molecule has 3 aliphatic heterocycles. The van der Waals surface area contributed by atoms with Crippen LogP contribution in [0, 0.1) is 77.8 Å². The predicted molar refractivity (Wildman–Crippen MR) is 438 cm³/mol. The number of halogens is 8. The second-order valence-electron chi connectivity index (χ2n) is 29.4. The second-order valence-corrected chi connectivity index (χ2v) is 29.8. The molecule has 2 amide bonds. The fourth-order valence-electron chi connectivity index (χ4n) is 16.1. The van der Waals surface area contributed by atoms with Crippen LogP contribution in [0.4, 0.5) is 30.7 Å². The Hall–Kier alpha value is -10.3. The third kappa shape index (κ3) is 19.7. The summed E-state index contributed by atoms with van der Waals surface area (Å²) in [5, 5.41) is 16.1. The van der Waals surface area contributed by atoms with Gasteiger partial charge in [0.05, 0.1) is 46.8 Å². The molecule has 7 aromatic carbocycles. The van der Waals surface area contributed by atoms with Crippen LogP contribution in [0.1, 0.15) is 222 Å². The molecule has 0 spiro atoms. The first-order valence-electron chi connectivity index (χ1n) is 39.4. The molecule has 0 unspecified atom stereocenters. The molecule has 7 heterocycles. The van der Waals surface area contributed by atoms with E-state index >= 15 is 0 Å². The van der Waals surface area contributed by atoms with E-state index in [1.807, 2.05) is 45.2 Å². The molecule has 12 nitrogen and oxygen atoms in total. The van der Waals surface area contributed by atoms with Crippen LogP contribution in [-0.2, 0) is 65.9 Å². The number of aromatic nitrogens is 4. The molecule has 3 aliphatic rings. The SMILES string of the molecule is C#CC(=O)Cl.C#CC(=O)N1[C@@H](CCCC)Cc2c([nH]c3c(F)cc(CC)cc23)[C@@H]1c1ccc(F)cc1.C#CC(=O)N1[C@@H](CCCC)Cc2c([nH]c3c(F)cc(CO)cc23)[C@@H]1c1ccc(F)cc1.CCCC[C@H](N)Cc1c[nH]c2c(F)cc(CC)cc12.CCCC[C@H]1Cc2c([nH]c3c(F)cc(CC)cc23)[C@H](c2ccc(F)cc2)N1. The number of aliphatic hydroxyl groups excluding tert-OH is 1. The van der Waals surface area contributed by atoms with E-state index in [0.717, 1.165) is 181 Å². The number of hydrogen-bond donors (Lipinski definition) is 7. The van der Waals surface area contributed by atoms with E-state index in [1.54, 1.807) is 64.3 Å². The van der Waals surface area contributed by atoms with Gasteiger partial charge < -0.3 is 45.9 Å². The van der Waals surface area contributed by atoms with Gasteiger partial charge in [-0.3, -0.25) is 14.4 Å². The zero-order chi connectivity index (χ0) is 81.3. The van der Waals surface area contributed by atoms with Crippen molar-refractivity contribution in [1.29, 1.82) is 0 Å². The Bertz CT molecular complexity index is 5090. The highest BCUT2D eigenvalue weighted by Crippen LogP contribution is 2.46. The van der Waals surface area contributed by atoms with Crippen molar-refractivity contribution in [3.63, 3.8) is 0 Å². The zero-order valence-corrected chi connectivity index (χ0v) is 66.0. The fourth-order valence-corrected chi connectivity index (χ4v) is 16.1. The summed E-state index contributed by atoms with van der Waals surface area (Å²) in [7, 11) is 0. The number of nitrogens with one attached hydrogen (secondary N) is 5. The first-order valence-corrected chi connectivity index (χ1v) is 39.8. The standard InChI is InChI=1S/C26H26F2N2O.C25H24F2N2O2.C23H26F2N2.C16H23FN2.C3HClO/c1-4-7-8-19-15-21-20-13-16(5-2)14-22(28)24(20)29-25(21)26(30(19)23(31)6-3)17-9-11-18(27)12-10-17;1-3-5-6-18-13-20-19-11-15(14-30)12-21(27)23(19)28-24(20)25(29(18)22(31)4-2)16-7-9-17(26)10-8-16;1-3-5-6-17-13-19-18-11-14(4-2)12-20(25)22(18)27-23(19)21(26-17)15-7-9-16(24)10-8-15;1-3-5-6-13(18)9-12-10-19-16-14(12)7-11(4-2)8-15(16)17;1-2-3(4)5/h3,9-14,19,26,29H,4-5,7-8,15H2,1-2H3;2,7-12,18,25,28,30H,3,5-6,13-14H2,1H3;7-12,17,21,26-27H,3-6,13H2,1-2H3;7-8,10,13,19H,3-6,9,18H2,1-2H3;1H/t19-,26-;18-,25-;17-,21-;13-;/m0000./s1. The summed E-state index contributed by atoms with van der Waals surface area (Å²) >= 11 is 4.59. The van der Waals surface area contributed by atoms with Crippen molar-refractivity contribution >= 4 is 72.3 Å². The lowest BCUT2D eigenvalue weighted by atomic mass is 9.86. The molecular formula is C93H100ClF7N8O4. The summed E-state index contributed by atoms with van der Waals surface area (Å²) in [4.78, 5) is 51.3. The lowest BCUT2D eigenvalue weighted by molar-refractivity contribution is -0.130. The van der Waals surface area contributed by atoms with Gasteiger partial charge in [-0.25, -0.2) is 30.7 Å². The number of unbranched alkanes of at least 4 members (excludes halogenated alkanes) is 4. The van der Waals surface area contributed by atoms with Gasteiger partial charge in [-0.05, 0) is 246 Å². The van der Waals surface area contributed by atoms with Gasteiger partial charge in [-0.15, -0.1) is 19.3 Å². The van der Waals surface area contributed by atoms with Crippen LogP contribution >= 0.6 is 11.6 Å². The number of rotatable bonds is 21. The van der Waals surface area contributed by atoms with Crippen LogP contribution in [0.2, 0.25) is 0 Å². The third-order valence-electron chi connectivity index (χ3n) is 21.9. The van der Waals surface area contributed by atoms with E-state index in [4.69, 9.17) is 18.6 Å². The summed E-state index contributed by atoms with van der Waals surface area (Å²) in [5.41, 5.74) is 20.7. The summed E-state index contributed by atoms with van der Waals surface area (Å²) in [6, 6.07) is 31.8. The van der Waals surface area contributed by atoms with E-state index in [0.29, 0.717) is 63.2 Å². The Labute approximate surface area is 662 Å². The smallest absolute Gasteiger partial charge is 0.299 e. The zero-order valence-electron chi connectivity index (χ0n) is 65.2. The van der Waals surface area contributed by atoms with Crippen molar-refractivity contribution < 1.29 is 50.2 Å². The Morgan fingerprint density at radius 3 is 1.27 bits per heavy atom. The minimum Gasteiger partial charge on any atom is -0.392 e. The lowest BCUT2D eigenvalue weighted by Gasteiger charge is -2.41. The first kappa shape index (κ1) is 85.1. The Morgan fingerprint density at radius 2 is 0.867 bits per heavy atom. The number of hydrogen-bond acceptors (Lipinski definition) is 6. The topological polar surface area (TPSA) is 179 Å². The molecule has 0 fully saturated rings. The van der Waals surface area contributed by atoms with Crippen molar-refractivity contribution in [2.75, 3.05) is 0 Å². The Morgan fingerprint density at radius 1 is 0.496 bits per heavy atom. The first-order chi connectivity index (χ1) is 54.5. The van der Waals surface area contributed by atoms with Gasteiger partial charge in [0.15, 0.2) is 0 Å². The lowest BCUT2D eigenvalue weighted by Crippen LogP contribution is -2.47. The molecule has 11 aromatic rings. The average molecular weight is 1560 g/mol. The van der Waals surface area contributed by atoms with Gasteiger partial charge in [-0.2, -0.15) is 0 Å². The van der Waals surface area contributed by atoms with Gasteiger partial charge in [0, 0.05) is 69.0 Å². The number of aromatic amines is 4. The number of carbonyl (C=O) groups is 3. The van der Waals surface area contributed by atoms with E-state index in [-0.39, 0.29) is 65.7 Å². The predicted octanol–water partition coefficient (Wildman–Crippen LogP) is 20.4. The molecule has 0 saturated heterocycles. The van der Waals surface area contributed by atoms with Crippen LogP contribution < -0.4 is 11.1 Å². The maximum absolute atomic E-state index is 14.9. The maximum atomic E-state index is 14.9. The van der Waals surface area contributed by atoms with Gasteiger partial charge in [-0.1, -0.05) is 136 Å². The number of H-pyrrole nitrogens is 4. The average Bonchev–Trinajstić information content (AvgIpc) is 1.62. The number of carbonyl (C=O) groups excluding carboxylic acids is 3. The number of nitrogens with two attached hydrogens (primary N) is 1. The molecule has 0 bridgehead atoms. The minimum atomic E-state index is -0.745. The normalized spacial score (nSPS) is 17.0. The summed E-state index contributed by atoms with van der Waals surface area (Å²) in [5.74, 6) is 3.20. The molecule has 8 N–H and O–H groups in total. The monoisotopic (exact) mass is 1560 g/mol. The van der Waals surface area contributed by atoms with Crippen molar-refractivity contribution in [2.45, 2.75) is 219 Å². The number of fused-ring (bicyclic) bond motifs is 10. The maximum Gasteiger partial charge on any atom is 0.299 e. The Balaban J connectivity index is 0.000000158. The summed E-state index contributed by atoms with van der Waals surface area (Å²) in [6.45, 7) is 14.4. The van der Waals surface area contributed by atoms with Gasteiger partial charge in [0.2, 0.25) is 0 Å². The molecule has 4 aromatic heterocycles. The van der Waals surface area contributed by atoms with Crippen molar-refractivity contribution in [1.82, 2.24) is 35.1 Å². The summed E-state index contributed by atoms with van der Waals surface area (Å²) in [6.07, 6.45) is 34.7. The summed E-state index contributed by atoms with van der Waals surface area (Å²) < 4.78 is 99.1. The van der Waals surface area contributed by atoms with Gasteiger partial charge in [0.1, 0.15) is 40.7 Å². The van der Waals surface area contributed by atoms with Crippen molar-refractivity contribution in [3.05, 3.63) is 247 Å². The van der Waals surface area contributed by atoms with E-state index in [1.165, 1.54) is 48.0 Å². The van der Waals surface area contributed by atoms with E-state index < -0.39 is 35.0 Å². The highest BCUT2D eigenvalue weighted by atomic mass is 35.5. The molecule has 20 heteroatoms. The number of benzene rings is 7. The highest BCUT2D eigenvalue weighted by molar-refractivity contribution is 6.68. The van der Waals surface area contributed by atoms with Crippen LogP contribution in [0.3, 0.4) is 0 Å². The number of aryl methyl sites for hydroxylation is 3. The molecule has 7 atom stereocenters. The van der Waals surface area contributed by atoms with Crippen LogP contribution in [0.15, 0.2) is 128 Å². The van der Waals surface area contributed by atoms with Crippen molar-refractivity contribution in [2.24, 2.45) is 5.73 Å². The van der Waals surface area contributed by atoms with Crippen LogP contribution in [0.5, 0.6) is 0 Å². The largest absolute Gasteiger partial charge is 0.392 e. The number of nitrogens with zero attached hydrogens (tertiary/aromatic N) is 2. The molecular weight excluding hydrogens is 1460 g/mol. The second kappa shape index (κ2) is 39.4. The van der Waals surface area contributed by atoms with Crippen molar-refractivity contribution in [3.8, 4) is 37.0 Å². The molecule has 113 heavy (non-hydrogen) atoms. The number of terminal acetylenes is 3. The van der Waals surface area contributed by atoms with Gasteiger partial charge in [0.25, 0.3) is 17.1 Å². The fraction of sp³-hybridized carbons (Fsp3) is 0.366. The molecule has 0 saturated carbocycles. The number of amides is 2. The van der Waals surface area contributed by atoms with Crippen LogP contribution in [0.25, 0.3) is 43.6 Å². The minimum absolute atomic E-state index is 0.0758. The van der Waals surface area contributed by atoms with Gasteiger partial charge >= 0.3 is 0 Å². The van der Waals surface area contributed by atoms with E-state index in [9.17, 15) is 50.2 Å². The molecule has 0 aliphatic carbocycles. The molecule has 0 radical (unpaired) electrons. The number of aliphatic hydroxyl groups is 1. The molecule has 14 rings (SSSR count). The quantitative estimate of drug-likeness (QED) is 0.0214. The highest BCUT2D eigenvalue weighted by Gasteiger charge is 2.42. The third-order valence-corrected chi connectivity index (χ3v) is 22.0. The van der Waals surface area contributed by atoms with Crippen LogP contribution in [-0.4, -0.2) is 76.1 Å². The molecule has 592 valence electrons. The Kier molecular flexibility index (Phi) is 29.7.